The first-order chi connectivity index (χ1) is 9.19. The molecule has 2 aliphatic heterocycles. The zero-order chi connectivity index (χ0) is 13.4. The SMILES string of the molecule is O=Cc1cc(Cl)ccc1N1CCN2C(=O)NCC2C1. The van der Waals surface area contributed by atoms with E-state index >= 15 is 0 Å². The van der Waals surface area contributed by atoms with Crippen LogP contribution in [0.1, 0.15) is 10.4 Å². The van der Waals surface area contributed by atoms with Crippen molar-refractivity contribution in [1.29, 1.82) is 0 Å². The lowest BCUT2D eigenvalue weighted by Crippen LogP contribution is -2.52. The Balaban J connectivity index is 1.84. The predicted octanol–water partition coefficient (Wildman–Crippen LogP) is 1.37. The lowest BCUT2D eigenvalue weighted by Gasteiger charge is -2.38. The Kier molecular flexibility index (Phi) is 3.06. The number of halogens is 1. The fourth-order valence-corrected chi connectivity index (χ4v) is 2.91. The van der Waals surface area contributed by atoms with Gasteiger partial charge < -0.3 is 15.1 Å². The van der Waals surface area contributed by atoms with Gasteiger partial charge in [0, 0.05) is 42.5 Å². The molecule has 2 fully saturated rings. The van der Waals surface area contributed by atoms with Crippen LogP contribution in [0, 0.1) is 0 Å². The second-order valence-corrected chi connectivity index (χ2v) is 5.24. The molecular weight excluding hydrogens is 266 g/mol. The van der Waals surface area contributed by atoms with Crippen LogP contribution < -0.4 is 10.2 Å². The van der Waals surface area contributed by atoms with Crippen molar-refractivity contribution in [2.45, 2.75) is 6.04 Å². The Labute approximate surface area is 116 Å². The van der Waals surface area contributed by atoms with Gasteiger partial charge in [-0.25, -0.2) is 4.79 Å². The summed E-state index contributed by atoms with van der Waals surface area (Å²) in [6.45, 7) is 2.81. The molecule has 3 rings (SSSR count). The van der Waals surface area contributed by atoms with E-state index < -0.39 is 0 Å². The topological polar surface area (TPSA) is 52.7 Å². The molecule has 0 aromatic heterocycles. The van der Waals surface area contributed by atoms with Crippen molar-refractivity contribution >= 4 is 29.6 Å². The Morgan fingerprint density at radius 3 is 3.00 bits per heavy atom. The average Bonchev–Trinajstić information content (AvgIpc) is 2.79. The van der Waals surface area contributed by atoms with Crippen molar-refractivity contribution in [2.75, 3.05) is 31.1 Å². The molecule has 1 aromatic rings. The van der Waals surface area contributed by atoms with E-state index in [1.54, 1.807) is 12.1 Å². The molecule has 1 N–H and O–H groups in total. The van der Waals surface area contributed by atoms with Crippen molar-refractivity contribution in [3.63, 3.8) is 0 Å². The van der Waals surface area contributed by atoms with Crippen molar-refractivity contribution < 1.29 is 9.59 Å². The molecule has 2 saturated heterocycles. The van der Waals surface area contributed by atoms with E-state index in [9.17, 15) is 9.59 Å². The number of carbonyl (C=O) groups is 2. The smallest absolute Gasteiger partial charge is 0.317 e. The van der Waals surface area contributed by atoms with E-state index in [2.05, 4.69) is 10.2 Å². The highest BCUT2D eigenvalue weighted by Crippen LogP contribution is 2.26. The van der Waals surface area contributed by atoms with Gasteiger partial charge in [-0.15, -0.1) is 0 Å². The standard InChI is InChI=1S/C13H14ClN3O2/c14-10-1-2-12(9(5-10)8-18)16-3-4-17-11(7-16)6-15-13(17)19/h1-2,5,8,11H,3-4,6-7H2,(H,15,19). The largest absolute Gasteiger partial charge is 0.367 e. The quantitative estimate of drug-likeness (QED) is 0.832. The molecule has 2 heterocycles. The summed E-state index contributed by atoms with van der Waals surface area (Å²) in [6.07, 6.45) is 0.825. The fourth-order valence-electron chi connectivity index (χ4n) is 2.73. The van der Waals surface area contributed by atoms with E-state index in [1.165, 1.54) is 0 Å². The number of rotatable bonds is 2. The molecule has 1 unspecified atom stereocenters. The maximum absolute atomic E-state index is 11.5. The van der Waals surface area contributed by atoms with E-state index in [0.29, 0.717) is 23.7 Å². The molecule has 0 spiro atoms. The Bertz CT molecular complexity index is 535. The summed E-state index contributed by atoms with van der Waals surface area (Å²) in [4.78, 5) is 26.7. The second kappa shape index (κ2) is 4.74. The number of aldehydes is 1. The molecule has 0 aliphatic carbocycles. The third kappa shape index (κ3) is 2.14. The second-order valence-electron chi connectivity index (χ2n) is 4.80. The monoisotopic (exact) mass is 279 g/mol. The molecule has 0 radical (unpaired) electrons. The predicted molar refractivity (Wildman–Crippen MR) is 72.9 cm³/mol. The van der Waals surface area contributed by atoms with Crippen LogP contribution in [-0.2, 0) is 0 Å². The first kappa shape index (κ1) is 12.3. The summed E-state index contributed by atoms with van der Waals surface area (Å²) in [5.74, 6) is 0. The van der Waals surface area contributed by atoms with Crippen LogP contribution in [0.4, 0.5) is 10.5 Å². The minimum atomic E-state index is 0.0105. The molecule has 5 nitrogen and oxygen atoms in total. The summed E-state index contributed by atoms with van der Waals surface area (Å²) in [6, 6.07) is 5.52. The molecule has 100 valence electrons. The number of anilines is 1. The highest BCUT2D eigenvalue weighted by atomic mass is 35.5. The zero-order valence-electron chi connectivity index (χ0n) is 10.3. The third-order valence-electron chi connectivity index (χ3n) is 3.69. The van der Waals surface area contributed by atoms with E-state index in [4.69, 9.17) is 11.6 Å². The highest BCUT2D eigenvalue weighted by Gasteiger charge is 2.35. The Morgan fingerprint density at radius 1 is 1.37 bits per heavy atom. The van der Waals surface area contributed by atoms with Gasteiger partial charge in [-0.05, 0) is 18.2 Å². The van der Waals surface area contributed by atoms with Crippen molar-refractivity contribution in [3.05, 3.63) is 28.8 Å². The van der Waals surface area contributed by atoms with E-state index in [0.717, 1.165) is 25.1 Å². The van der Waals surface area contributed by atoms with Gasteiger partial charge >= 0.3 is 6.03 Å². The zero-order valence-corrected chi connectivity index (χ0v) is 11.1. The van der Waals surface area contributed by atoms with Crippen LogP contribution in [0.3, 0.4) is 0 Å². The Morgan fingerprint density at radius 2 is 2.21 bits per heavy atom. The van der Waals surface area contributed by atoms with Crippen LogP contribution in [0.2, 0.25) is 5.02 Å². The summed E-state index contributed by atoms with van der Waals surface area (Å²) in [7, 11) is 0. The normalized spacial score (nSPS) is 22.2. The molecule has 1 atom stereocenters. The van der Waals surface area contributed by atoms with E-state index in [1.807, 2.05) is 11.0 Å². The van der Waals surface area contributed by atoms with Gasteiger partial charge in [0.15, 0.2) is 6.29 Å². The molecule has 2 aliphatic rings. The van der Waals surface area contributed by atoms with Crippen LogP contribution in [0.5, 0.6) is 0 Å². The minimum absolute atomic E-state index is 0.0105. The number of fused-ring (bicyclic) bond motifs is 1. The minimum Gasteiger partial charge on any atom is -0.367 e. The summed E-state index contributed by atoms with van der Waals surface area (Å²) in [5.41, 5.74) is 1.48. The fraction of sp³-hybridized carbons (Fsp3) is 0.385. The number of urea groups is 1. The summed E-state index contributed by atoms with van der Waals surface area (Å²) in [5, 5.41) is 3.40. The van der Waals surface area contributed by atoms with Gasteiger partial charge in [-0.2, -0.15) is 0 Å². The van der Waals surface area contributed by atoms with Gasteiger partial charge in [0.25, 0.3) is 0 Å². The number of hydrogen-bond donors (Lipinski definition) is 1. The van der Waals surface area contributed by atoms with Crippen molar-refractivity contribution in [2.24, 2.45) is 0 Å². The average molecular weight is 280 g/mol. The molecule has 19 heavy (non-hydrogen) atoms. The lowest BCUT2D eigenvalue weighted by molar-refractivity contribution is 0.112. The number of piperazine rings is 1. The Hall–Kier alpha value is -1.75. The highest BCUT2D eigenvalue weighted by molar-refractivity contribution is 6.31. The van der Waals surface area contributed by atoms with Gasteiger partial charge in [0.2, 0.25) is 0 Å². The van der Waals surface area contributed by atoms with Gasteiger partial charge in [0.05, 0.1) is 6.04 Å². The van der Waals surface area contributed by atoms with E-state index in [-0.39, 0.29) is 12.1 Å². The maximum Gasteiger partial charge on any atom is 0.317 e. The first-order valence-electron chi connectivity index (χ1n) is 6.23. The number of nitrogens with zero attached hydrogens (tertiary/aromatic N) is 2. The molecule has 1 aromatic carbocycles. The number of amides is 2. The molecule has 0 saturated carbocycles. The lowest BCUT2D eigenvalue weighted by atomic mass is 10.1. The number of benzene rings is 1. The van der Waals surface area contributed by atoms with Gasteiger partial charge in [-0.3, -0.25) is 4.79 Å². The van der Waals surface area contributed by atoms with Crippen LogP contribution in [0.25, 0.3) is 0 Å². The van der Waals surface area contributed by atoms with Gasteiger partial charge in [0.1, 0.15) is 0 Å². The molecule has 0 bridgehead atoms. The number of carbonyl (C=O) groups excluding carboxylic acids is 2. The van der Waals surface area contributed by atoms with Crippen molar-refractivity contribution in [1.82, 2.24) is 10.2 Å². The summed E-state index contributed by atoms with van der Waals surface area (Å²) >= 11 is 5.90. The van der Waals surface area contributed by atoms with Gasteiger partial charge in [-0.1, -0.05) is 11.6 Å². The maximum atomic E-state index is 11.5. The molecule has 2 amide bonds. The third-order valence-corrected chi connectivity index (χ3v) is 3.92. The number of hydrogen-bond acceptors (Lipinski definition) is 3. The number of nitrogens with one attached hydrogen (secondary N) is 1. The molecule has 6 heteroatoms. The van der Waals surface area contributed by atoms with Crippen LogP contribution in [-0.4, -0.2) is 49.4 Å². The first-order valence-corrected chi connectivity index (χ1v) is 6.61. The van der Waals surface area contributed by atoms with Crippen molar-refractivity contribution in [3.8, 4) is 0 Å². The molecular formula is C13H14ClN3O2. The summed E-state index contributed by atoms with van der Waals surface area (Å²) < 4.78 is 0. The van der Waals surface area contributed by atoms with Crippen LogP contribution >= 0.6 is 11.6 Å². The van der Waals surface area contributed by atoms with Crippen LogP contribution in [0.15, 0.2) is 18.2 Å².